The Balaban J connectivity index is 1.62. The molecule has 27 heavy (non-hydrogen) atoms. The third-order valence-corrected chi connectivity index (χ3v) is 4.47. The van der Waals surface area contributed by atoms with E-state index in [1.807, 2.05) is 31.2 Å². The molecule has 1 aliphatic rings. The zero-order chi connectivity index (χ0) is 19.0. The maximum absolute atomic E-state index is 12.6. The lowest BCUT2D eigenvalue weighted by molar-refractivity contribution is 0.0924. The van der Waals surface area contributed by atoms with Gasteiger partial charge < -0.3 is 5.32 Å². The third-order valence-electron chi connectivity index (χ3n) is 4.47. The molecule has 4 rings (SSSR count). The predicted molar refractivity (Wildman–Crippen MR) is 103 cm³/mol. The molecule has 0 radical (unpaired) electrons. The molecule has 0 spiro atoms. The zero-order valence-corrected chi connectivity index (χ0v) is 14.6. The molecule has 1 aliphatic heterocycles. The van der Waals surface area contributed by atoms with Crippen molar-refractivity contribution in [3.63, 3.8) is 0 Å². The number of benzene rings is 3. The Hall–Kier alpha value is -3.73. The standard InChI is InChI=1S/C22H16N2O3/c1-14-9-11-16(12-10-14)23-20(25)15-5-4-6-17(13-15)24-21(26)18-7-2-3-8-19(18)22(24)27/h2-13H,1H3,(H,23,25). The normalized spacial score (nSPS) is 12.9. The van der Waals surface area contributed by atoms with Crippen LogP contribution in [0.15, 0.2) is 72.8 Å². The molecular weight excluding hydrogens is 340 g/mol. The van der Waals surface area contributed by atoms with Crippen molar-refractivity contribution in [1.29, 1.82) is 0 Å². The Kier molecular flexibility index (Phi) is 4.05. The number of nitrogens with one attached hydrogen (secondary N) is 1. The average molecular weight is 356 g/mol. The fraction of sp³-hybridized carbons (Fsp3) is 0.0455. The number of imide groups is 1. The number of hydrogen-bond donors (Lipinski definition) is 1. The van der Waals surface area contributed by atoms with Crippen LogP contribution in [0, 0.1) is 6.92 Å². The highest BCUT2D eigenvalue weighted by atomic mass is 16.2. The smallest absolute Gasteiger partial charge is 0.266 e. The number of anilines is 2. The van der Waals surface area contributed by atoms with Crippen LogP contribution in [0.25, 0.3) is 0 Å². The number of carbonyl (C=O) groups is 3. The van der Waals surface area contributed by atoms with Gasteiger partial charge in [0.05, 0.1) is 16.8 Å². The molecule has 3 aromatic carbocycles. The highest BCUT2D eigenvalue weighted by Crippen LogP contribution is 2.28. The van der Waals surface area contributed by atoms with E-state index in [2.05, 4.69) is 5.32 Å². The summed E-state index contributed by atoms with van der Waals surface area (Å²) in [6.07, 6.45) is 0. The predicted octanol–water partition coefficient (Wildman–Crippen LogP) is 4.05. The van der Waals surface area contributed by atoms with E-state index in [1.54, 1.807) is 48.5 Å². The van der Waals surface area contributed by atoms with Gasteiger partial charge in [-0.1, -0.05) is 35.9 Å². The monoisotopic (exact) mass is 356 g/mol. The van der Waals surface area contributed by atoms with Gasteiger partial charge >= 0.3 is 0 Å². The summed E-state index contributed by atoms with van der Waals surface area (Å²) >= 11 is 0. The number of rotatable bonds is 3. The van der Waals surface area contributed by atoms with Crippen molar-refractivity contribution in [3.8, 4) is 0 Å². The van der Waals surface area contributed by atoms with Crippen LogP contribution in [0.4, 0.5) is 11.4 Å². The molecule has 0 saturated heterocycles. The summed E-state index contributed by atoms with van der Waals surface area (Å²) in [7, 11) is 0. The van der Waals surface area contributed by atoms with E-state index in [0.29, 0.717) is 28.1 Å². The number of nitrogens with zero attached hydrogens (tertiary/aromatic N) is 1. The average Bonchev–Trinajstić information content (AvgIpc) is 2.95. The molecule has 0 aliphatic carbocycles. The molecule has 0 saturated carbocycles. The van der Waals surface area contributed by atoms with Crippen molar-refractivity contribution in [2.45, 2.75) is 6.92 Å². The summed E-state index contributed by atoms with van der Waals surface area (Å²) in [6, 6.07) is 20.6. The summed E-state index contributed by atoms with van der Waals surface area (Å²) < 4.78 is 0. The quantitative estimate of drug-likeness (QED) is 0.720. The minimum Gasteiger partial charge on any atom is -0.322 e. The van der Waals surface area contributed by atoms with Gasteiger partial charge in [0.1, 0.15) is 0 Å². The minimum atomic E-state index is -0.383. The molecule has 0 unspecified atom stereocenters. The lowest BCUT2D eigenvalue weighted by Gasteiger charge is -2.15. The summed E-state index contributed by atoms with van der Waals surface area (Å²) in [4.78, 5) is 38.9. The van der Waals surface area contributed by atoms with Crippen LogP contribution in [0.3, 0.4) is 0 Å². The Labute approximate surface area is 156 Å². The van der Waals surface area contributed by atoms with Crippen LogP contribution in [0.1, 0.15) is 36.6 Å². The summed E-state index contributed by atoms with van der Waals surface area (Å²) in [5.74, 6) is -1.07. The number of carbonyl (C=O) groups excluding carboxylic acids is 3. The summed E-state index contributed by atoms with van der Waals surface area (Å²) in [6.45, 7) is 1.97. The summed E-state index contributed by atoms with van der Waals surface area (Å²) in [5.41, 5.74) is 3.26. The van der Waals surface area contributed by atoms with Gasteiger partial charge in [0, 0.05) is 11.3 Å². The van der Waals surface area contributed by atoms with Gasteiger partial charge in [0.25, 0.3) is 17.7 Å². The summed E-state index contributed by atoms with van der Waals surface area (Å²) in [5, 5.41) is 2.82. The highest BCUT2D eigenvalue weighted by Gasteiger charge is 2.36. The van der Waals surface area contributed by atoms with E-state index < -0.39 is 0 Å². The second-order valence-electron chi connectivity index (χ2n) is 6.36. The molecule has 5 nitrogen and oxygen atoms in total. The Morgan fingerprint density at radius 1 is 0.815 bits per heavy atom. The molecule has 3 amide bonds. The second kappa shape index (κ2) is 6.53. The molecule has 5 heteroatoms. The van der Waals surface area contributed by atoms with Crippen molar-refractivity contribution in [2.24, 2.45) is 0 Å². The lowest BCUT2D eigenvalue weighted by atomic mass is 10.1. The van der Waals surface area contributed by atoms with E-state index in [4.69, 9.17) is 0 Å². The third kappa shape index (κ3) is 3.00. The van der Waals surface area contributed by atoms with Crippen LogP contribution in [-0.4, -0.2) is 17.7 Å². The van der Waals surface area contributed by atoms with Crippen LogP contribution >= 0.6 is 0 Å². The molecule has 1 N–H and O–H groups in total. The molecule has 0 atom stereocenters. The van der Waals surface area contributed by atoms with Crippen molar-refractivity contribution >= 4 is 29.1 Å². The molecule has 0 aromatic heterocycles. The van der Waals surface area contributed by atoms with Crippen molar-refractivity contribution < 1.29 is 14.4 Å². The second-order valence-corrected chi connectivity index (χ2v) is 6.36. The Morgan fingerprint density at radius 2 is 1.44 bits per heavy atom. The van der Waals surface area contributed by atoms with E-state index in [1.165, 1.54) is 0 Å². The Bertz CT molecular complexity index is 1040. The van der Waals surface area contributed by atoms with E-state index in [9.17, 15) is 14.4 Å². The first-order valence-electron chi connectivity index (χ1n) is 8.50. The maximum atomic E-state index is 12.6. The van der Waals surface area contributed by atoms with Gasteiger partial charge in [-0.2, -0.15) is 0 Å². The fourth-order valence-corrected chi connectivity index (χ4v) is 3.05. The first-order chi connectivity index (χ1) is 13.0. The van der Waals surface area contributed by atoms with E-state index >= 15 is 0 Å². The highest BCUT2D eigenvalue weighted by molar-refractivity contribution is 6.34. The Morgan fingerprint density at radius 3 is 2.07 bits per heavy atom. The molecule has 1 heterocycles. The van der Waals surface area contributed by atoms with Gasteiger partial charge in [0.15, 0.2) is 0 Å². The van der Waals surface area contributed by atoms with Crippen molar-refractivity contribution in [3.05, 3.63) is 95.1 Å². The van der Waals surface area contributed by atoms with Crippen LogP contribution in [-0.2, 0) is 0 Å². The lowest BCUT2D eigenvalue weighted by Crippen LogP contribution is -2.29. The van der Waals surface area contributed by atoms with Crippen LogP contribution in [0.5, 0.6) is 0 Å². The van der Waals surface area contributed by atoms with Gasteiger partial charge in [-0.15, -0.1) is 0 Å². The maximum Gasteiger partial charge on any atom is 0.266 e. The molecule has 3 aromatic rings. The van der Waals surface area contributed by atoms with Gasteiger partial charge in [-0.05, 0) is 49.4 Å². The largest absolute Gasteiger partial charge is 0.322 e. The van der Waals surface area contributed by atoms with E-state index in [-0.39, 0.29) is 17.7 Å². The van der Waals surface area contributed by atoms with Crippen molar-refractivity contribution in [1.82, 2.24) is 0 Å². The molecule has 132 valence electrons. The van der Waals surface area contributed by atoms with Gasteiger partial charge in [-0.25, -0.2) is 4.90 Å². The molecular formula is C22H16N2O3. The molecule has 0 bridgehead atoms. The number of fused-ring (bicyclic) bond motifs is 1. The fourth-order valence-electron chi connectivity index (χ4n) is 3.05. The number of hydrogen-bond acceptors (Lipinski definition) is 3. The minimum absolute atomic E-state index is 0.308. The van der Waals surface area contributed by atoms with Crippen LogP contribution in [0.2, 0.25) is 0 Å². The molecule has 0 fully saturated rings. The van der Waals surface area contributed by atoms with Crippen molar-refractivity contribution in [2.75, 3.05) is 10.2 Å². The topological polar surface area (TPSA) is 66.5 Å². The van der Waals surface area contributed by atoms with Gasteiger partial charge in [0.2, 0.25) is 0 Å². The number of amides is 3. The first-order valence-corrected chi connectivity index (χ1v) is 8.50. The number of aryl methyl sites for hydroxylation is 1. The van der Waals surface area contributed by atoms with Crippen LogP contribution < -0.4 is 10.2 Å². The zero-order valence-electron chi connectivity index (χ0n) is 14.6. The first kappa shape index (κ1) is 16.7. The van der Waals surface area contributed by atoms with E-state index in [0.717, 1.165) is 10.5 Å². The SMILES string of the molecule is Cc1ccc(NC(=O)c2cccc(N3C(=O)c4ccccc4C3=O)c2)cc1. The van der Waals surface area contributed by atoms with Gasteiger partial charge in [-0.3, -0.25) is 14.4 Å².